The average Bonchev–Trinajstić information content (AvgIpc) is 2.47. The van der Waals surface area contributed by atoms with Crippen LogP contribution in [-0.4, -0.2) is 14.9 Å². The zero-order chi connectivity index (χ0) is 15.2. The first kappa shape index (κ1) is 14.9. The molecule has 0 aliphatic carbocycles. The number of nitrogens with zero attached hydrogens (tertiary/aromatic N) is 3. The minimum absolute atomic E-state index is 0.0765. The van der Waals surface area contributed by atoms with Crippen LogP contribution >= 0.6 is 0 Å². The Balaban J connectivity index is 2.17. The summed E-state index contributed by atoms with van der Waals surface area (Å²) in [5, 5.41) is 13.9. The van der Waals surface area contributed by atoms with Crippen LogP contribution in [0.15, 0.2) is 42.7 Å². The summed E-state index contributed by atoms with van der Waals surface area (Å²) in [5.41, 5.74) is 1.04. The predicted octanol–water partition coefficient (Wildman–Crippen LogP) is 3.58. The van der Waals surface area contributed by atoms with Crippen LogP contribution in [0.25, 0.3) is 0 Å². The fraction of sp³-hybridized carbons (Fsp3) is 0.333. The monoisotopic (exact) mass is 286 g/mol. The highest BCUT2D eigenvalue weighted by Gasteiger charge is 2.15. The summed E-state index contributed by atoms with van der Waals surface area (Å²) in [7, 11) is 0. The molecule has 110 valence electrons. The molecule has 0 saturated heterocycles. The molecule has 0 aliphatic rings. The first-order valence-electron chi connectivity index (χ1n) is 6.84. The quantitative estimate of drug-likeness (QED) is 0.648. The third-order valence-electron chi connectivity index (χ3n) is 3.06. The molecule has 0 saturated carbocycles. The lowest BCUT2D eigenvalue weighted by molar-refractivity contribution is -0.385. The molecular weight excluding hydrogens is 268 g/mol. The van der Waals surface area contributed by atoms with E-state index in [1.165, 1.54) is 12.4 Å². The summed E-state index contributed by atoms with van der Waals surface area (Å²) in [5.74, 6) is 0.899. The van der Waals surface area contributed by atoms with Crippen LogP contribution in [0.3, 0.4) is 0 Å². The maximum absolute atomic E-state index is 10.6. The van der Waals surface area contributed by atoms with Crippen LogP contribution in [0.4, 0.5) is 11.6 Å². The van der Waals surface area contributed by atoms with Gasteiger partial charge in [0.15, 0.2) is 0 Å². The van der Waals surface area contributed by atoms with Crippen molar-refractivity contribution in [3.8, 4) is 0 Å². The molecule has 0 amide bonds. The van der Waals surface area contributed by atoms with Crippen molar-refractivity contribution in [2.24, 2.45) is 5.92 Å². The molecule has 0 fully saturated rings. The highest BCUT2D eigenvalue weighted by Crippen LogP contribution is 2.24. The van der Waals surface area contributed by atoms with Gasteiger partial charge in [-0.15, -0.1) is 0 Å². The lowest BCUT2D eigenvalue weighted by Gasteiger charge is -2.20. The SMILES string of the molecule is CC(C)CC(Nc1ncc([N+](=O)[O-])cn1)c1ccccc1. The van der Waals surface area contributed by atoms with Crippen LogP contribution < -0.4 is 5.32 Å². The van der Waals surface area contributed by atoms with E-state index in [-0.39, 0.29) is 11.7 Å². The molecule has 1 aromatic heterocycles. The molecule has 21 heavy (non-hydrogen) atoms. The number of hydrogen-bond donors (Lipinski definition) is 1. The number of anilines is 1. The predicted molar refractivity (Wildman–Crippen MR) is 80.9 cm³/mol. The topological polar surface area (TPSA) is 81.0 Å². The Morgan fingerprint density at radius 3 is 2.33 bits per heavy atom. The Kier molecular flexibility index (Phi) is 4.81. The molecule has 1 N–H and O–H groups in total. The van der Waals surface area contributed by atoms with Crippen molar-refractivity contribution in [3.05, 3.63) is 58.4 Å². The number of aromatic nitrogens is 2. The van der Waals surface area contributed by atoms with E-state index in [2.05, 4.69) is 29.1 Å². The second-order valence-electron chi connectivity index (χ2n) is 5.26. The zero-order valence-corrected chi connectivity index (χ0v) is 12.1. The number of benzene rings is 1. The Bertz CT molecular complexity index is 584. The second kappa shape index (κ2) is 6.78. The Hall–Kier alpha value is -2.50. The van der Waals surface area contributed by atoms with E-state index in [0.29, 0.717) is 11.9 Å². The van der Waals surface area contributed by atoms with Gasteiger partial charge in [0.1, 0.15) is 12.4 Å². The van der Waals surface area contributed by atoms with Crippen LogP contribution in [0.1, 0.15) is 31.9 Å². The van der Waals surface area contributed by atoms with Crippen LogP contribution in [0.5, 0.6) is 0 Å². The molecule has 6 nitrogen and oxygen atoms in total. The van der Waals surface area contributed by atoms with Crippen molar-refractivity contribution in [2.45, 2.75) is 26.3 Å². The summed E-state index contributed by atoms with van der Waals surface area (Å²) in [6.45, 7) is 4.29. The smallest absolute Gasteiger partial charge is 0.305 e. The second-order valence-corrected chi connectivity index (χ2v) is 5.26. The molecular formula is C15H18N4O2. The normalized spacial score (nSPS) is 12.1. The van der Waals surface area contributed by atoms with Gasteiger partial charge in [0.25, 0.3) is 0 Å². The molecule has 2 aromatic rings. The van der Waals surface area contributed by atoms with Gasteiger partial charge in [-0.1, -0.05) is 44.2 Å². The molecule has 1 aromatic carbocycles. The van der Waals surface area contributed by atoms with Crippen molar-refractivity contribution in [1.82, 2.24) is 9.97 Å². The zero-order valence-electron chi connectivity index (χ0n) is 12.1. The van der Waals surface area contributed by atoms with Gasteiger partial charge in [-0.25, -0.2) is 9.97 Å². The van der Waals surface area contributed by atoms with Gasteiger partial charge in [0.2, 0.25) is 5.95 Å². The first-order chi connectivity index (χ1) is 10.1. The fourth-order valence-electron chi connectivity index (χ4n) is 2.08. The van der Waals surface area contributed by atoms with Gasteiger partial charge in [-0.3, -0.25) is 10.1 Å². The van der Waals surface area contributed by atoms with Gasteiger partial charge < -0.3 is 5.32 Å². The van der Waals surface area contributed by atoms with Gasteiger partial charge in [-0.2, -0.15) is 0 Å². The maximum atomic E-state index is 10.6. The van der Waals surface area contributed by atoms with E-state index in [9.17, 15) is 10.1 Å². The lowest BCUT2D eigenvalue weighted by atomic mass is 9.97. The lowest BCUT2D eigenvalue weighted by Crippen LogP contribution is -2.15. The molecule has 0 spiro atoms. The highest BCUT2D eigenvalue weighted by molar-refractivity contribution is 5.34. The highest BCUT2D eigenvalue weighted by atomic mass is 16.6. The molecule has 0 bridgehead atoms. The maximum Gasteiger partial charge on any atom is 0.305 e. The Morgan fingerprint density at radius 1 is 1.19 bits per heavy atom. The van der Waals surface area contributed by atoms with E-state index in [0.717, 1.165) is 12.0 Å². The summed E-state index contributed by atoms with van der Waals surface area (Å²) >= 11 is 0. The molecule has 0 radical (unpaired) electrons. The first-order valence-corrected chi connectivity index (χ1v) is 6.84. The van der Waals surface area contributed by atoms with E-state index in [1.807, 2.05) is 30.3 Å². The molecule has 6 heteroatoms. The molecule has 1 unspecified atom stereocenters. The van der Waals surface area contributed by atoms with Crippen molar-refractivity contribution in [3.63, 3.8) is 0 Å². The van der Waals surface area contributed by atoms with Gasteiger partial charge in [0.05, 0.1) is 11.0 Å². The molecule has 1 atom stereocenters. The Labute approximate surface area is 123 Å². The van der Waals surface area contributed by atoms with Gasteiger partial charge >= 0.3 is 5.69 Å². The van der Waals surface area contributed by atoms with Crippen molar-refractivity contribution >= 4 is 11.6 Å². The summed E-state index contributed by atoms with van der Waals surface area (Å²) in [4.78, 5) is 18.1. The number of rotatable bonds is 6. The van der Waals surface area contributed by atoms with Crippen LogP contribution in [-0.2, 0) is 0 Å². The minimum atomic E-state index is -0.507. The van der Waals surface area contributed by atoms with Crippen LogP contribution in [0.2, 0.25) is 0 Å². The largest absolute Gasteiger partial charge is 0.347 e. The number of hydrogen-bond acceptors (Lipinski definition) is 5. The van der Waals surface area contributed by atoms with E-state index >= 15 is 0 Å². The van der Waals surface area contributed by atoms with Crippen molar-refractivity contribution in [2.75, 3.05) is 5.32 Å². The third-order valence-corrected chi connectivity index (χ3v) is 3.06. The van der Waals surface area contributed by atoms with Crippen molar-refractivity contribution in [1.29, 1.82) is 0 Å². The molecule has 2 rings (SSSR count). The van der Waals surface area contributed by atoms with Crippen molar-refractivity contribution < 1.29 is 4.92 Å². The van der Waals surface area contributed by atoms with E-state index in [4.69, 9.17) is 0 Å². The van der Waals surface area contributed by atoms with Gasteiger partial charge in [-0.05, 0) is 17.9 Å². The number of nitrogens with one attached hydrogen (secondary N) is 1. The molecule has 0 aliphatic heterocycles. The average molecular weight is 286 g/mol. The molecule has 1 heterocycles. The van der Waals surface area contributed by atoms with E-state index in [1.54, 1.807) is 0 Å². The summed E-state index contributed by atoms with van der Waals surface area (Å²) in [6, 6.07) is 10.1. The number of nitro groups is 1. The minimum Gasteiger partial charge on any atom is -0.347 e. The van der Waals surface area contributed by atoms with Gasteiger partial charge in [0, 0.05) is 0 Å². The van der Waals surface area contributed by atoms with Crippen LogP contribution in [0, 0.1) is 16.0 Å². The Morgan fingerprint density at radius 2 is 1.81 bits per heavy atom. The van der Waals surface area contributed by atoms with E-state index < -0.39 is 4.92 Å². The summed E-state index contributed by atoms with van der Waals surface area (Å²) in [6.07, 6.45) is 3.35. The summed E-state index contributed by atoms with van der Waals surface area (Å²) < 4.78 is 0. The third kappa shape index (κ3) is 4.24. The standard InChI is InChI=1S/C15H18N4O2/c1-11(2)8-14(12-6-4-3-5-7-12)18-15-16-9-13(10-17-15)19(20)21/h3-7,9-11,14H,8H2,1-2H3,(H,16,17,18). The fourth-order valence-corrected chi connectivity index (χ4v) is 2.08.